The van der Waals surface area contributed by atoms with E-state index < -0.39 is 5.97 Å². The minimum absolute atomic E-state index is 0.271. The monoisotopic (exact) mass is 402 g/mol. The highest BCUT2D eigenvalue weighted by Crippen LogP contribution is 2.38. The van der Waals surface area contributed by atoms with Gasteiger partial charge in [-0.25, -0.2) is 4.79 Å². The summed E-state index contributed by atoms with van der Waals surface area (Å²) in [4.78, 5) is 17.9. The van der Waals surface area contributed by atoms with Crippen LogP contribution in [0.3, 0.4) is 0 Å². The van der Waals surface area contributed by atoms with Crippen molar-refractivity contribution in [2.45, 2.75) is 32.4 Å². The van der Waals surface area contributed by atoms with Crippen LogP contribution in [0.25, 0.3) is 11.1 Å². The number of carbonyl (C=O) groups is 1. The summed E-state index contributed by atoms with van der Waals surface area (Å²) >= 11 is 0. The number of carboxylic acids is 1. The van der Waals surface area contributed by atoms with E-state index in [1.165, 1.54) is 34.0 Å². The van der Waals surface area contributed by atoms with Crippen LogP contribution < -0.4 is 4.74 Å². The lowest BCUT2D eigenvalue weighted by molar-refractivity contribution is 0.0695. The molecule has 0 bridgehead atoms. The SMILES string of the molecule is COc1ccc(-c2ccc3c(c2)CN(C)[C@@H]3CCc2cnccc2C(=O)O)c(C)c1. The van der Waals surface area contributed by atoms with Gasteiger partial charge in [0.05, 0.1) is 12.7 Å². The molecule has 1 aliphatic heterocycles. The molecule has 154 valence electrons. The second kappa shape index (κ2) is 8.28. The number of aryl methyl sites for hydroxylation is 2. The molecule has 5 nitrogen and oxygen atoms in total. The van der Waals surface area contributed by atoms with Crippen molar-refractivity contribution >= 4 is 5.97 Å². The fraction of sp³-hybridized carbons (Fsp3) is 0.280. The van der Waals surface area contributed by atoms with Gasteiger partial charge in [0.25, 0.3) is 0 Å². The van der Waals surface area contributed by atoms with E-state index in [0.29, 0.717) is 12.0 Å². The molecule has 0 fully saturated rings. The highest BCUT2D eigenvalue weighted by Gasteiger charge is 2.28. The lowest BCUT2D eigenvalue weighted by atomic mass is 9.93. The van der Waals surface area contributed by atoms with Crippen molar-refractivity contribution in [3.63, 3.8) is 0 Å². The second-order valence-corrected chi connectivity index (χ2v) is 7.90. The van der Waals surface area contributed by atoms with Crippen LogP contribution in [0.4, 0.5) is 0 Å². The third kappa shape index (κ3) is 3.81. The third-order valence-corrected chi connectivity index (χ3v) is 6.02. The summed E-state index contributed by atoms with van der Waals surface area (Å²) in [5.41, 5.74) is 7.41. The van der Waals surface area contributed by atoms with E-state index in [2.05, 4.69) is 54.2 Å². The number of ether oxygens (including phenoxy) is 1. The van der Waals surface area contributed by atoms with Crippen molar-refractivity contribution in [1.29, 1.82) is 0 Å². The predicted octanol–water partition coefficient (Wildman–Crippen LogP) is 4.88. The molecule has 3 aromatic rings. The number of methoxy groups -OCH3 is 1. The van der Waals surface area contributed by atoms with Crippen LogP contribution in [-0.4, -0.2) is 35.1 Å². The van der Waals surface area contributed by atoms with Gasteiger partial charge in [0.15, 0.2) is 0 Å². The van der Waals surface area contributed by atoms with Crippen molar-refractivity contribution in [3.8, 4) is 16.9 Å². The first-order chi connectivity index (χ1) is 14.5. The molecule has 2 heterocycles. The molecule has 0 amide bonds. The highest BCUT2D eigenvalue weighted by molar-refractivity contribution is 5.89. The molecule has 1 atom stereocenters. The quantitative estimate of drug-likeness (QED) is 0.636. The highest BCUT2D eigenvalue weighted by atomic mass is 16.5. The van der Waals surface area contributed by atoms with Crippen LogP contribution in [0.5, 0.6) is 5.75 Å². The molecule has 0 saturated carbocycles. The molecule has 0 aliphatic carbocycles. The molecular formula is C25H26N2O3. The van der Waals surface area contributed by atoms with E-state index in [9.17, 15) is 9.90 Å². The number of hydrogen-bond acceptors (Lipinski definition) is 4. The van der Waals surface area contributed by atoms with Crippen LogP contribution in [0.15, 0.2) is 54.9 Å². The first kappa shape index (κ1) is 20.1. The van der Waals surface area contributed by atoms with E-state index >= 15 is 0 Å². The number of aromatic nitrogens is 1. The first-order valence-corrected chi connectivity index (χ1v) is 10.1. The average molecular weight is 402 g/mol. The molecule has 1 aliphatic rings. The molecule has 1 aromatic heterocycles. The van der Waals surface area contributed by atoms with Crippen molar-refractivity contribution in [1.82, 2.24) is 9.88 Å². The maximum atomic E-state index is 11.5. The number of benzene rings is 2. The van der Waals surface area contributed by atoms with Crippen LogP contribution >= 0.6 is 0 Å². The minimum atomic E-state index is -0.896. The Morgan fingerprint density at radius 1 is 1.23 bits per heavy atom. The van der Waals surface area contributed by atoms with Gasteiger partial charge in [0, 0.05) is 25.0 Å². The lowest BCUT2D eigenvalue weighted by Gasteiger charge is -2.20. The number of aromatic carboxylic acids is 1. The van der Waals surface area contributed by atoms with Crippen LogP contribution in [0.1, 0.15) is 45.1 Å². The zero-order chi connectivity index (χ0) is 21.3. The third-order valence-electron chi connectivity index (χ3n) is 6.02. The Bertz CT molecular complexity index is 1090. The zero-order valence-electron chi connectivity index (χ0n) is 17.6. The van der Waals surface area contributed by atoms with Gasteiger partial charge in [-0.3, -0.25) is 9.88 Å². The maximum absolute atomic E-state index is 11.5. The van der Waals surface area contributed by atoms with Gasteiger partial charge in [-0.2, -0.15) is 0 Å². The predicted molar refractivity (Wildman–Crippen MR) is 117 cm³/mol. The Balaban J connectivity index is 1.57. The molecule has 0 spiro atoms. The molecule has 1 N–H and O–H groups in total. The summed E-state index contributed by atoms with van der Waals surface area (Å²) in [6.07, 6.45) is 4.75. The maximum Gasteiger partial charge on any atom is 0.336 e. The lowest BCUT2D eigenvalue weighted by Crippen LogP contribution is -2.17. The van der Waals surface area contributed by atoms with E-state index in [0.717, 1.165) is 24.3 Å². The average Bonchev–Trinajstić information content (AvgIpc) is 3.06. The summed E-state index contributed by atoms with van der Waals surface area (Å²) in [5.74, 6) is -0.0274. The van der Waals surface area contributed by atoms with Gasteiger partial charge in [-0.1, -0.05) is 18.2 Å². The Kier molecular flexibility index (Phi) is 5.55. The van der Waals surface area contributed by atoms with E-state index in [1.807, 2.05) is 6.07 Å². The number of hydrogen-bond donors (Lipinski definition) is 1. The number of rotatable bonds is 6. The Hall–Kier alpha value is -3.18. The second-order valence-electron chi connectivity index (χ2n) is 7.90. The standard InChI is InChI=1S/C25H26N2O3/c1-16-12-20(30-3)6-8-21(16)17-4-7-22-19(13-17)15-27(2)24(22)9-5-18-14-26-11-10-23(18)25(28)29/h4,6-8,10-14,24H,5,9,15H2,1-3H3,(H,28,29)/t24-/m1/s1. The van der Waals surface area contributed by atoms with Crippen molar-refractivity contribution in [3.05, 3.63) is 82.7 Å². The van der Waals surface area contributed by atoms with Gasteiger partial charge in [0.1, 0.15) is 5.75 Å². The van der Waals surface area contributed by atoms with E-state index in [-0.39, 0.29) is 6.04 Å². The summed E-state index contributed by atoms with van der Waals surface area (Å²) in [7, 11) is 3.81. The first-order valence-electron chi connectivity index (χ1n) is 10.1. The fourth-order valence-corrected chi connectivity index (χ4v) is 4.44. The Morgan fingerprint density at radius 3 is 2.80 bits per heavy atom. The molecule has 0 radical (unpaired) electrons. The van der Waals surface area contributed by atoms with E-state index in [1.54, 1.807) is 19.4 Å². The van der Waals surface area contributed by atoms with Crippen molar-refractivity contribution in [2.24, 2.45) is 0 Å². The van der Waals surface area contributed by atoms with Gasteiger partial charge in [0.2, 0.25) is 0 Å². The van der Waals surface area contributed by atoms with Crippen LogP contribution in [-0.2, 0) is 13.0 Å². The van der Waals surface area contributed by atoms with Crippen molar-refractivity contribution in [2.75, 3.05) is 14.2 Å². The van der Waals surface area contributed by atoms with Gasteiger partial charge < -0.3 is 9.84 Å². The topological polar surface area (TPSA) is 62.7 Å². The van der Waals surface area contributed by atoms with Crippen LogP contribution in [0.2, 0.25) is 0 Å². The summed E-state index contributed by atoms with van der Waals surface area (Å²) in [6.45, 7) is 3.00. The van der Waals surface area contributed by atoms with Gasteiger partial charge >= 0.3 is 5.97 Å². The number of fused-ring (bicyclic) bond motifs is 1. The molecule has 2 aromatic carbocycles. The number of pyridine rings is 1. The summed E-state index contributed by atoms with van der Waals surface area (Å²) in [6, 6.07) is 14.7. The van der Waals surface area contributed by atoms with Gasteiger partial charge in [-0.15, -0.1) is 0 Å². The largest absolute Gasteiger partial charge is 0.497 e. The molecule has 0 unspecified atom stereocenters. The molecule has 0 saturated heterocycles. The Labute approximate surface area is 177 Å². The molecule has 5 heteroatoms. The number of carboxylic acid groups (broad SMARTS) is 1. The molecular weight excluding hydrogens is 376 g/mol. The van der Waals surface area contributed by atoms with Crippen LogP contribution in [0, 0.1) is 6.92 Å². The zero-order valence-corrected chi connectivity index (χ0v) is 17.6. The smallest absolute Gasteiger partial charge is 0.336 e. The van der Waals surface area contributed by atoms with Crippen molar-refractivity contribution < 1.29 is 14.6 Å². The fourth-order valence-electron chi connectivity index (χ4n) is 4.44. The Morgan fingerprint density at radius 2 is 2.07 bits per heavy atom. The van der Waals surface area contributed by atoms with E-state index in [4.69, 9.17) is 4.74 Å². The molecule has 30 heavy (non-hydrogen) atoms. The summed E-state index contributed by atoms with van der Waals surface area (Å²) < 4.78 is 5.33. The minimum Gasteiger partial charge on any atom is -0.497 e. The summed E-state index contributed by atoms with van der Waals surface area (Å²) in [5, 5.41) is 9.42. The normalized spacial score (nSPS) is 15.8. The number of nitrogens with zero attached hydrogens (tertiary/aromatic N) is 2. The molecule has 4 rings (SSSR count). The van der Waals surface area contributed by atoms with Gasteiger partial charge in [-0.05, 0) is 84.5 Å².